The van der Waals surface area contributed by atoms with Gasteiger partial charge in [0, 0.05) is 29.4 Å². The van der Waals surface area contributed by atoms with E-state index in [1.807, 2.05) is 23.0 Å². The molecular weight excluding hydrogens is 475 g/mol. The highest BCUT2D eigenvalue weighted by molar-refractivity contribution is 8.00. The monoisotopic (exact) mass is 499 g/mol. The molecule has 0 saturated carbocycles. The lowest BCUT2D eigenvalue weighted by Gasteiger charge is -2.06. The van der Waals surface area contributed by atoms with Crippen LogP contribution in [0.5, 0.6) is 0 Å². The van der Waals surface area contributed by atoms with Crippen LogP contribution in [0.4, 0.5) is 18.9 Å². The molecule has 0 unspecified atom stereocenters. The van der Waals surface area contributed by atoms with Gasteiger partial charge in [0.15, 0.2) is 0 Å². The Bertz CT molecular complexity index is 1200. The number of aryl methyl sites for hydroxylation is 2. The normalized spacial score (nSPS) is 11.9. The molecule has 0 aliphatic carbocycles. The Morgan fingerprint density at radius 2 is 1.80 bits per heavy atom. The van der Waals surface area contributed by atoms with Gasteiger partial charge in [0.1, 0.15) is 6.26 Å². The number of nitrogens with one attached hydrogen (secondary N) is 1. The molecule has 2 aromatic carbocycles. The van der Waals surface area contributed by atoms with Gasteiger partial charge in [-0.2, -0.15) is 13.2 Å². The fourth-order valence-corrected chi connectivity index (χ4v) is 3.90. The SMILES string of the molecule is FC(F)(F)Sc1ccc(C=Cc2nc(CNc3ccc(CCCCn4ccnn4)cc3)co2)cc1. The second kappa shape index (κ2) is 11.7. The van der Waals surface area contributed by atoms with Crippen LogP contribution in [0.25, 0.3) is 12.2 Å². The highest BCUT2D eigenvalue weighted by Crippen LogP contribution is 2.36. The fraction of sp³-hybridized carbons (Fsp3) is 0.240. The Hall–Kier alpha value is -3.53. The average Bonchev–Trinajstić information content (AvgIpc) is 3.52. The summed E-state index contributed by atoms with van der Waals surface area (Å²) in [5.74, 6) is 0.428. The van der Waals surface area contributed by atoms with Gasteiger partial charge >= 0.3 is 5.51 Å². The van der Waals surface area contributed by atoms with Crippen LogP contribution in [0, 0.1) is 0 Å². The summed E-state index contributed by atoms with van der Waals surface area (Å²) in [6.45, 7) is 1.39. The molecule has 0 atom stereocenters. The molecule has 4 aromatic rings. The van der Waals surface area contributed by atoms with Gasteiger partial charge in [0.05, 0.1) is 18.4 Å². The topological polar surface area (TPSA) is 68.8 Å². The van der Waals surface area contributed by atoms with Crippen molar-refractivity contribution in [3.8, 4) is 0 Å². The number of anilines is 1. The Labute approximate surface area is 205 Å². The second-order valence-electron chi connectivity index (χ2n) is 7.80. The highest BCUT2D eigenvalue weighted by atomic mass is 32.2. The lowest BCUT2D eigenvalue weighted by Crippen LogP contribution is -2.00. The van der Waals surface area contributed by atoms with Crippen LogP contribution in [0.15, 0.2) is 76.5 Å². The zero-order valence-corrected chi connectivity index (χ0v) is 19.6. The third-order valence-electron chi connectivity index (χ3n) is 5.10. The number of unbranched alkanes of at least 4 members (excludes halogenated alkanes) is 1. The Morgan fingerprint density at radius 3 is 2.51 bits per heavy atom. The minimum atomic E-state index is -4.29. The van der Waals surface area contributed by atoms with Crippen molar-refractivity contribution >= 4 is 29.6 Å². The van der Waals surface area contributed by atoms with Crippen molar-refractivity contribution in [2.75, 3.05) is 5.32 Å². The Balaban J connectivity index is 1.20. The quantitative estimate of drug-likeness (QED) is 0.183. The van der Waals surface area contributed by atoms with E-state index in [9.17, 15) is 13.2 Å². The standard InChI is InChI=1S/C25H24F3N5OS/c26-25(27,28)35-23-11-6-20(7-12-23)8-13-24-31-22(18-34-24)17-29-21-9-4-19(5-10-21)3-1-2-15-33-16-14-30-32-33/h4-14,16,18,29H,1-3,15,17H2. The van der Waals surface area contributed by atoms with E-state index in [0.717, 1.165) is 42.8 Å². The van der Waals surface area contributed by atoms with E-state index >= 15 is 0 Å². The lowest BCUT2D eigenvalue weighted by atomic mass is 10.1. The zero-order chi connectivity index (χ0) is 24.5. The minimum absolute atomic E-state index is 0.131. The summed E-state index contributed by atoms with van der Waals surface area (Å²) in [5.41, 5.74) is -0.505. The van der Waals surface area contributed by atoms with Crippen molar-refractivity contribution in [3.05, 3.63) is 89.9 Å². The van der Waals surface area contributed by atoms with Crippen LogP contribution in [0.1, 0.15) is 35.6 Å². The molecule has 0 amide bonds. The molecule has 0 radical (unpaired) electrons. The molecule has 0 bridgehead atoms. The van der Waals surface area contributed by atoms with Crippen LogP contribution >= 0.6 is 11.8 Å². The third kappa shape index (κ3) is 8.32. The molecule has 0 aliphatic heterocycles. The number of nitrogens with zero attached hydrogens (tertiary/aromatic N) is 4. The molecule has 2 heterocycles. The molecule has 2 aromatic heterocycles. The van der Waals surface area contributed by atoms with Crippen molar-refractivity contribution in [2.45, 2.75) is 42.8 Å². The van der Waals surface area contributed by atoms with Gasteiger partial charge in [-0.1, -0.05) is 29.5 Å². The summed E-state index contributed by atoms with van der Waals surface area (Å²) in [7, 11) is 0. The van der Waals surface area contributed by atoms with Gasteiger partial charge in [-0.25, -0.2) is 4.98 Å². The molecule has 0 aliphatic rings. The van der Waals surface area contributed by atoms with E-state index in [1.165, 1.54) is 17.7 Å². The number of halogens is 3. The predicted molar refractivity (Wildman–Crippen MR) is 131 cm³/mol. The number of oxazole rings is 1. The molecule has 35 heavy (non-hydrogen) atoms. The van der Waals surface area contributed by atoms with Gasteiger partial charge in [0.2, 0.25) is 5.89 Å². The van der Waals surface area contributed by atoms with Crippen LogP contribution in [-0.2, 0) is 19.5 Å². The molecular formula is C25H24F3N5OS. The number of benzene rings is 2. The zero-order valence-electron chi connectivity index (χ0n) is 18.8. The first-order chi connectivity index (χ1) is 16.9. The van der Waals surface area contributed by atoms with Gasteiger partial charge in [-0.3, -0.25) is 4.68 Å². The molecule has 10 heteroatoms. The maximum Gasteiger partial charge on any atom is 0.446 e. The molecule has 0 spiro atoms. The van der Waals surface area contributed by atoms with Crippen molar-refractivity contribution < 1.29 is 17.6 Å². The first-order valence-corrected chi connectivity index (χ1v) is 11.9. The largest absolute Gasteiger partial charge is 0.446 e. The van der Waals surface area contributed by atoms with Gasteiger partial charge in [0.25, 0.3) is 0 Å². The van der Waals surface area contributed by atoms with Crippen molar-refractivity contribution in [1.29, 1.82) is 0 Å². The summed E-state index contributed by atoms with van der Waals surface area (Å²) >= 11 is -0.131. The van der Waals surface area contributed by atoms with Crippen LogP contribution < -0.4 is 5.32 Å². The third-order valence-corrected chi connectivity index (χ3v) is 5.84. The van der Waals surface area contributed by atoms with Gasteiger partial charge in [-0.05, 0) is 72.5 Å². The first-order valence-electron chi connectivity index (χ1n) is 11.1. The number of aromatic nitrogens is 4. The van der Waals surface area contributed by atoms with E-state index in [-0.39, 0.29) is 16.7 Å². The smallest absolute Gasteiger partial charge is 0.445 e. The average molecular weight is 500 g/mol. The maximum absolute atomic E-state index is 12.4. The van der Waals surface area contributed by atoms with Gasteiger partial charge < -0.3 is 9.73 Å². The van der Waals surface area contributed by atoms with Crippen LogP contribution in [0.3, 0.4) is 0 Å². The molecule has 4 rings (SSSR count). The van der Waals surface area contributed by atoms with Crippen molar-refractivity contribution in [2.24, 2.45) is 0 Å². The predicted octanol–water partition coefficient (Wildman–Crippen LogP) is 6.68. The van der Waals surface area contributed by atoms with Crippen LogP contribution in [-0.4, -0.2) is 25.5 Å². The molecule has 6 nitrogen and oxygen atoms in total. The van der Waals surface area contributed by atoms with Crippen molar-refractivity contribution in [1.82, 2.24) is 20.0 Å². The highest BCUT2D eigenvalue weighted by Gasteiger charge is 2.28. The molecule has 0 fully saturated rings. The fourth-order valence-electron chi connectivity index (χ4n) is 3.37. The number of rotatable bonds is 11. The summed E-state index contributed by atoms with van der Waals surface area (Å²) in [6, 6.07) is 14.5. The summed E-state index contributed by atoms with van der Waals surface area (Å²) < 4.78 is 44.6. The van der Waals surface area contributed by atoms with Gasteiger partial charge in [-0.15, -0.1) is 5.10 Å². The first kappa shape index (κ1) is 24.6. The molecule has 182 valence electrons. The molecule has 1 N–H and O–H groups in total. The lowest BCUT2D eigenvalue weighted by molar-refractivity contribution is -0.0328. The number of alkyl halides is 3. The van der Waals surface area contributed by atoms with E-state index in [1.54, 1.807) is 36.7 Å². The molecule has 0 saturated heterocycles. The summed E-state index contributed by atoms with van der Waals surface area (Å²) in [5, 5.41) is 11.1. The van der Waals surface area contributed by atoms with E-state index in [4.69, 9.17) is 4.42 Å². The van der Waals surface area contributed by atoms with E-state index < -0.39 is 5.51 Å². The number of thioether (sulfide) groups is 1. The number of hydrogen-bond donors (Lipinski definition) is 1. The Morgan fingerprint density at radius 1 is 1.00 bits per heavy atom. The second-order valence-corrected chi connectivity index (χ2v) is 8.94. The van der Waals surface area contributed by atoms with E-state index in [0.29, 0.717) is 12.4 Å². The maximum atomic E-state index is 12.4. The Kier molecular flexibility index (Phi) is 8.25. The van der Waals surface area contributed by atoms with Crippen LogP contribution in [0.2, 0.25) is 0 Å². The van der Waals surface area contributed by atoms with E-state index in [2.05, 4.69) is 32.7 Å². The minimum Gasteiger partial charge on any atom is -0.445 e. The van der Waals surface area contributed by atoms with Crippen molar-refractivity contribution in [3.63, 3.8) is 0 Å². The number of hydrogen-bond acceptors (Lipinski definition) is 6. The summed E-state index contributed by atoms with van der Waals surface area (Å²) in [4.78, 5) is 4.56. The summed E-state index contributed by atoms with van der Waals surface area (Å²) in [6.07, 6.45) is 11.7.